The molecule has 136 valence electrons. The van der Waals surface area contributed by atoms with Crippen LogP contribution < -0.4 is 10.7 Å². The number of aromatic amines is 1. The number of benzene rings is 2. The van der Waals surface area contributed by atoms with Crippen molar-refractivity contribution in [1.29, 1.82) is 0 Å². The zero-order valence-corrected chi connectivity index (χ0v) is 14.6. The van der Waals surface area contributed by atoms with Crippen molar-refractivity contribution in [3.05, 3.63) is 66.0 Å². The Morgan fingerprint density at radius 3 is 2.59 bits per heavy atom. The van der Waals surface area contributed by atoms with E-state index >= 15 is 0 Å². The molecule has 0 bridgehead atoms. The third-order valence-corrected chi connectivity index (χ3v) is 4.49. The lowest BCUT2D eigenvalue weighted by atomic mass is 10.0. The van der Waals surface area contributed by atoms with Crippen LogP contribution >= 0.6 is 0 Å². The first-order valence-corrected chi connectivity index (χ1v) is 8.84. The molecular formula is C20H19N5O2. The maximum Gasteiger partial charge on any atom is 0.268 e. The van der Waals surface area contributed by atoms with Gasteiger partial charge in [0.2, 0.25) is 5.91 Å². The number of rotatable bonds is 5. The van der Waals surface area contributed by atoms with E-state index < -0.39 is 0 Å². The summed E-state index contributed by atoms with van der Waals surface area (Å²) in [5.74, 6) is 0.218. The summed E-state index contributed by atoms with van der Waals surface area (Å²) in [5.41, 5.74) is 5.54. The van der Waals surface area contributed by atoms with E-state index in [0.29, 0.717) is 24.4 Å². The second-order valence-corrected chi connectivity index (χ2v) is 6.45. The molecule has 0 spiro atoms. The standard InChI is InChI=1S/C20H19N5O2/c26-18-11-10-16(24-25-18)20(27)23-17(12-13-6-2-1-3-7-13)19-21-14-8-4-5-9-15(14)22-19/h1-9,17H,10-12H2,(H,21,22)(H,23,27)(H,25,26). The fourth-order valence-electron chi connectivity index (χ4n) is 3.08. The largest absolute Gasteiger partial charge is 0.341 e. The van der Waals surface area contributed by atoms with Crippen LogP contribution in [0.3, 0.4) is 0 Å². The van der Waals surface area contributed by atoms with Crippen LogP contribution in [0.15, 0.2) is 59.7 Å². The zero-order valence-electron chi connectivity index (χ0n) is 14.6. The number of para-hydroxylation sites is 2. The third-order valence-electron chi connectivity index (χ3n) is 4.49. The van der Waals surface area contributed by atoms with Crippen LogP contribution in [0, 0.1) is 0 Å². The predicted molar refractivity (Wildman–Crippen MR) is 102 cm³/mol. The number of hydrazone groups is 1. The second-order valence-electron chi connectivity index (χ2n) is 6.45. The zero-order chi connectivity index (χ0) is 18.6. The Labute approximate surface area is 155 Å². The van der Waals surface area contributed by atoms with E-state index in [1.165, 1.54) is 0 Å². The molecule has 1 unspecified atom stereocenters. The van der Waals surface area contributed by atoms with Gasteiger partial charge in [0.1, 0.15) is 11.5 Å². The first-order valence-electron chi connectivity index (χ1n) is 8.84. The quantitative estimate of drug-likeness (QED) is 0.650. The number of nitrogens with one attached hydrogen (secondary N) is 3. The van der Waals surface area contributed by atoms with Crippen molar-refractivity contribution in [2.45, 2.75) is 25.3 Å². The van der Waals surface area contributed by atoms with Crippen LogP contribution in [0.25, 0.3) is 11.0 Å². The topological polar surface area (TPSA) is 99.2 Å². The summed E-state index contributed by atoms with van der Waals surface area (Å²) in [7, 11) is 0. The molecule has 1 aliphatic heterocycles. The molecule has 2 amide bonds. The minimum Gasteiger partial charge on any atom is -0.341 e. The molecule has 2 aromatic carbocycles. The highest BCUT2D eigenvalue weighted by atomic mass is 16.2. The summed E-state index contributed by atoms with van der Waals surface area (Å²) < 4.78 is 0. The number of amides is 2. The smallest absolute Gasteiger partial charge is 0.268 e. The first-order chi connectivity index (χ1) is 13.2. The Kier molecular flexibility index (Phi) is 4.65. The molecule has 4 rings (SSSR count). The molecular weight excluding hydrogens is 342 g/mol. The molecule has 27 heavy (non-hydrogen) atoms. The molecule has 1 atom stereocenters. The van der Waals surface area contributed by atoms with E-state index in [9.17, 15) is 9.59 Å². The Hall–Kier alpha value is -3.48. The van der Waals surface area contributed by atoms with Crippen LogP contribution in [0.4, 0.5) is 0 Å². The average Bonchev–Trinajstić information content (AvgIpc) is 3.13. The highest BCUT2D eigenvalue weighted by Gasteiger charge is 2.24. The van der Waals surface area contributed by atoms with Gasteiger partial charge in [0.25, 0.3) is 5.91 Å². The van der Waals surface area contributed by atoms with Gasteiger partial charge in [0, 0.05) is 12.8 Å². The number of hydrogen-bond acceptors (Lipinski definition) is 4. The van der Waals surface area contributed by atoms with Crippen LogP contribution in [-0.2, 0) is 16.0 Å². The molecule has 0 saturated heterocycles. The first kappa shape index (κ1) is 17.0. The molecule has 0 fully saturated rings. The number of carbonyl (C=O) groups is 2. The molecule has 3 aromatic rings. The van der Waals surface area contributed by atoms with Crippen molar-refractivity contribution in [2.75, 3.05) is 0 Å². The normalized spacial score (nSPS) is 15.1. The van der Waals surface area contributed by atoms with Crippen molar-refractivity contribution in [3.8, 4) is 0 Å². The van der Waals surface area contributed by atoms with Gasteiger partial charge >= 0.3 is 0 Å². The number of imidazole rings is 1. The summed E-state index contributed by atoms with van der Waals surface area (Å²) in [5, 5.41) is 6.89. The maximum absolute atomic E-state index is 12.7. The predicted octanol–water partition coefficient (Wildman–Crippen LogP) is 2.23. The van der Waals surface area contributed by atoms with Gasteiger partial charge in [-0.25, -0.2) is 10.4 Å². The maximum atomic E-state index is 12.7. The molecule has 1 aliphatic rings. The van der Waals surface area contributed by atoms with Gasteiger partial charge in [-0.15, -0.1) is 0 Å². The fraction of sp³-hybridized carbons (Fsp3) is 0.200. The van der Waals surface area contributed by atoms with E-state index in [0.717, 1.165) is 16.6 Å². The third kappa shape index (κ3) is 3.87. The van der Waals surface area contributed by atoms with Crippen molar-refractivity contribution < 1.29 is 9.59 Å². The van der Waals surface area contributed by atoms with Gasteiger partial charge < -0.3 is 10.3 Å². The molecule has 7 nitrogen and oxygen atoms in total. The highest BCUT2D eigenvalue weighted by Crippen LogP contribution is 2.20. The monoisotopic (exact) mass is 361 g/mol. The molecule has 3 N–H and O–H groups in total. The van der Waals surface area contributed by atoms with E-state index in [1.54, 1.807) is 0 Å². The Morgan fingerprint density at radius 2 is 1.85 bits per heavy atom. The molecule has 0 aliphatic carbocycles. The van der Waals surface area contributed by atoms with Gasteiger partial charge in [-0.1, -0.05) is 42.5 Å². The summed E-state index contributed by atoms with van der Waals surface area (Å²) in [6.07, 6.45) is 1.18. The second kappa shape index (κ2) is 7.41. The fourth-order valence-corrected chi connectivity index (χ4v) is 3.08. The number of aromatic nitrogens is 2. The summed E-state index contributed by atoms with van der Waals surface area (Å²) in [6.45, 7) is 0. The summed E-state index contributed by atoms with van der Waals surface area (Å²) in [6, 6.07) is 17.3. The van der Waals surface area contributed by atoms with Gasteiger partial charge in [-0.3, -0.25) is 9.59 Å². The number of fused-ring (bicyclic) bond motifs is 1. The molecule has 7 heteroatoms. The summed E-state index contributed by atoms with van der Waals surface area (Å²) in [4.78, 5) is 31.8. The van der Waals surface area contributed by atoms with Crippen LogP contribution in [0.1, 0.15) is 30.3 Å². The van der Waals surface area contributed by atoms with Crippen molar-refractivity contribution in [2.24, 2.45) is 5.10 Å². The lowest BCUT2D eigenvalue weighted by molar-refractivity contribution is -0.121. The molecule has 0 saturated carbocycles. The Bertz CT molecular complexity index is 976. The SMILES string of the molecule is O=C1CCC(C(=O)NC(Cc2ccccc2)c2nc3ccccc3[nH]2)=NN1. The van der Waals surface area contributed by atoms with Crippen LogP contribution in [0.2, 0.25) is 0 Å². The minimum absolute atomic E-state index is 0.176. The lowest BCUT2D eigenvalue weighted by Gasteiger charge is -2.19. The number of hydrogen-bond donors (Lipinski definition) is 3. The van der Waals surface area contributed by atoms with Crippen molar-refractivity contribution in [1.82, 2.24) is 20.7 Å². The van der Waals surface area contributed by atoms with E-state index in [1.807, 2.05) is 54.6 Å². The Morgan fingerprint density at radius 1 is 1.07 bits per heavy atom. The van der Waals surface area contributed by atoms with E-state index in [-0.39, 0.29) is 24.3 Å². The number of carbonyl (C=O) groups excluding carboxylic acids is 2. The van der Waals surface area contributed by atoms with Gasteiger partial charge in [-0.05, 0) is 24.1 Å². The summed E-state index contributed by atoms with van der Waals surface area (Å²) >= 11 is 0. The van der Waals surface area contributed by atoms with E-state index in [2.05, 4.69) is 25.8 Å². The Balaban J connectivity index is 1.61. The molecule has 0 radical (unpaired) electrons. The van der Waals surface area contributed by atoms with Gasteiger partial charge in [0.05, 0.1) is 17.1 Å². The number of H-pyrrole nitrogens is 1. The molecule has 1 aromatic heterocycles. The van der Waals surface area contributed by atoms with Crippen LogP contribution in [0.5, 0.6) is 0 Å². The van der Waals surface area contributed by atoms with Crippen molar-refractivity contribution >= 4 is 28.6 Å². The lowest BCUT2D eigenvalue weighted by Crippen LogP contribution is -2.39. The molecule has 2 heterocycles. The van der Waals surface area contributed by atoms with Crippen molar-refractivity contribution in [3.63, 3.8) is 0 Å². The average molecular weight is 361 g/mol. The van der Waals surface area contributed by atoms with Crippen LogP contribution in [-0.4, -0.2) is 27.5 Å². The minimum atomic E-state index is -0.340. The van der Waals surface area contributed by atoms with E-state index in [4.69, 9.17) is 0 Å². The highest BCUT2D eigenvalue weighted by molar-refractivity contribution is 6.39. The van der Waals surface area contributed by atoms with Gasteiger partial charge in [0.15, 0.2) is 0 Å². The number of nitrogens with zero attached hydrogens (tertiary/aromatic N) is 2. The van der Waals surface area contributed by atoms with Gasteiger partial charge in [-0.2, -0.15) is 5.10 Å².